The summed E-state index contributed by atoms with van der Waals surface area (Å²) < 4.78 is 12.2. The second-order valence-electron chi connectivity index (χ2n) is 8.30. The molecule has 1 amide bonds. The minimum absolute atomic E-state index is 0.00638. The topological polar surface area (TPSA) is 54.9 Å². The van der Waals surface area contributed by atoms with E-state index < -0.39 is 0 Å². The van der Waals surface area contributed by atoms with E-state index in [4.69, 9.17) is 9.47 Å². The largest absolute Gasteiger partial charge is 0.483 e. The number of carbonyl (C=O) groups excluding carboxylic acids is 1. The van der Waals surface area contributed by atoms with Crippen molar-refractivity contribution in [3.05, 3.63) is 59.4 Å². The number of para-hydroxylation sites is 1. The molecule has 6 heteroatoms. The van der Waals surface area contributed by atoms with Gasteiger partial charge in [-0.25, -0.2) is 0 Å². The lowest BCUT2D eigenvalue weighted by Gasteiger charge is -2.29. The molecule has 6 nitrogen and oxygen atoms in total. The summed E-state index contributed by atoms with van der Waals surface area (Å²) in [5.74, 6) is 0.799. The first kappa shape index (κ1) is 20.8. The van der Waals surface area contributed by atoms with Crippen molar-refractivity contribution in [2.75, 3.05) is 33.4 Å². The molecule has 0 bridgehead atoms. The van der Waals surface area contributed by atoms with E-state index in [0.29, 0.717) is 6.61 Å². The molecule has 0 spiro atoms. The number of nitrogens with zero attached hydrogens (tertiary/aromatic N) is 3. The van der Waals surface area contributed by atoms with Crippen molar-refractivity contribution in [2.45, 2.75) is 44.9 Å². The Morgan fingerprint density at radius 3 is 2.83 bits per heavy atom. The van der Waals surface area contributed by atoms with Crippen LogP contribution in [0.15, 0.2) is 42.5 Å². The Morgan fingerprint density at radius 2 is 1.97 bits per heavy atom. The number of hydrogen-bond acceptors (Lipinski definition) is 5. The van der Waals surface area contributed by atoms with Gasteiger partial charge in [-0.1, -0.05) is 24.3 Å². The number of likely N-dealkylation sites (N-methyl/N-ethyl adjacent to an activating group) is 1. The van der Waals surface area contributed by atoms with Gasteiger partial charge in [0.15, 0.2) is 6.61 Å². The monoisotopic (exact) mass is 409 g/mol. The Bertz CT molecular complexity index is 872. The molecule has 0 aliphatic carbocycles. The van der Waals surface area contributed by atoms with Crippen LogP contribution in [0.3, 0.4) is 0 Å². The third kappa shape index (κ3) is 4.99. The van der Waals surface area contributed by atoms with Crippen LogP contribution >= 0.6 is 0 Å². The van der Waals surface area contributed by atoms with Gasteiger partial charge in [0, 0.05) is 39.0 Å². The second-order valence-corrected chi connectivity index (χ2v) is 8.30. The Balaban J connectivity index is 1.46. The van der Waals surface area contributed by atoms with Crippen LogP contribution in [0.4, 0.5) is 0 Å². The number of ether oxygens (including phenoxy) is 2. The molecule has 4 rings (SSSR count). The molecule has 3 heterocycles. The number of carbonyl (C=O) groups is 1. The van der Waals surface area contributed by atoms with Crippen LogP contribution in [0, 0.1) is 6.92 Å². The van der Waals surface area contributed by atoms with Crippen LogP contribution in [0.25, 0.3) is 0 Å². The average molecular weight is 410 g/mol. The van der Waals surface area contributed by atoms with Gasteiger partial charge in [0.25, 0.3) is 5.91 Å². The molecule has 2 atom stereocenters. The molecule has 0 N–H and O–H groups in total. The summed E-state index contributed by atoms with van der Waals surface area (Å²) in [6.07, 6.45) is 2.97. The zero-order valence-electron chi connectivity index (χ0n) is 17.9. The van der Waals surface area contributed by atoms with Gasteiger partial charge in [0.2, 0.25) is 0 Å². The molecule has 0 radical (unpaired) electrons. The number of fused-ring (bicyclic) bond motifs is 2. The highest BCUT2D eigenvalue weighted by Crippen LogP contribution is 2.24. The Morgan fingerprint density at radius 1 is 1.10 bits per heavy atom. The predicted octanol–water partition coefficient (Wildman–Crippen LogP) is 2.83. The van der Waals surface area contributed by atoms with E-state index in [9.17, 15) is 4.79 Å². The van der Waals surface area contributed by atoms with Crippen molar-refractivity contribution in [3.8, 4) is 5.75 Å². The van der Waals surface area contributed by atoms with E-state index >= 15 is 0 Å². The highest BCUT2D eigenvalue weighted by Gasteiger charge is 2.38. The minimum atomic E-state index is -0.0156. The molecule has 30 heavy (non-hydrogen) atoms. The van der Waals surface area contributed by atoms with E-state index in [-0.39, 0.29) is 24.7 Å². The Hall–Kier alpha value is -2.44. The smallest absolute Gasteiger partial charge is 0.260 e. The molecule has 1 aromatic carbocycles. The first-order valence-electron chi connectivity index (χ1n) is 10.8. The molecule has 2 aliphatic rings. The second kappa shape index (κ2) is 9.58. The van der Waals surface area contributed by atoms with E-state index in [0.717, 1.165) is 61.6 Å². The standard InChI is InChI=1S/C24H31N3O3/c1-18-8-7-11-20(25-18)14-27-15-21-23(16-27)29-13-6-5-10-19-9-3-4-12-22(19)30-17-24(28)26(21)2/h3-4,7-9,11-12,21,23H,5-6,10,13-17H2,1-2H3/t21-,23-/m0/s1. The highest BCUT2D eigenvalue weighted by atomic mass is 16.5. The third-order valence-corrected chi connectivity index (χ3v) is 6.03. The van der Waals surface area contributed by atoms with Gasteiger partial charge in [-0.05, 0) is 49.9 Å². The molecule has 160 valence electrons. The number of pyridine rings is 1. The maximum atomic E-state index is 12.9. The summed E-state index contributed by atoms with van der Waals surface area (Å²) in [5.41, 5.74) is 3.23. The van der Waals surface area contributed by atoms with Crippen molar-refractivity contribution < 1.29 is 14.3 Å². The van der Waals surface area contributed by atoms with Crippen LogP contribution in [-0.4, -0.2) is 66.2 Å². The van der Waals surface area contributed by atoms with Crippen molar-refractivity contribution in [1.29, 1.82) is 0 Å². The van der Waals surface area contributed by atoms with Crippen molar-refractivity contribution in [3.63, 3.8) is 0 Å². The minimum Gasteiger partial charge on any atom is -0.483 e. The quantitative estimate of drug-likeness (QED) is 0.764. The van der Waals surface area contributed by atoms with Crippen LogP contribution in [0.2, 0.25) is 0 Å². The summed E-state index contributed by atoms with van der Waals surface area (Å²) >= 11 is 0. The first-order chi connectivity index (χ1) is 14.6. The SMILES string of the molecule is Cc1cccc(CN2C[C@@H]3OCCCCc4ccccc4OCC(=O)N(C)[C@H]3C2)n1. The van der Waals surface area contributed by atoms with Crippen LogP contribution in [-0.2, 0) is 22.5 Å². The van der Waals surface area contributed by atoms with Crippen molar-refractivity contribution >= 4 is 5.91 Å². The number of rotatable bonds is 2. The average Bonchev–Trinajstić information content (AvgIpc) is 3.14. The van der Waals surface area contributed by atoms with Crippen molar-refractivity contribution in [2.24, 2.45) is 0 Å². The van der Waals surface area contributed by atoms with Gasteiger partial charge in [0.1, 0.15) is 5.75 Å². The lowest BCUT2D eigenvalue weighted by molar-refractivity contribution is -0.136. The number of hydrogen-bond donors (Lipinski definition) is 0. The molecule has 0 saturated carbocycles. The van der Waals surface area contributed by atoms with Gasteiger partial charge in [-0.2, -0.15) is 0 Å². The summed E-state index contributed by atoms with van der Waals surface area (Å²) in [6.45, 7) is 5.12. The fourth-order valence-electron chi connectivity index (χ4n) is 4.34. The third-order valence-electron chi connectivity index (χ3n) is 6.03. The summed E-state index contributed by atoms with van der Waals surface area (Å²) in [4.78, 5) is 21.7. The van der Waals surface area contributed by atoms with Crippen LogP contribution < -0.4 is 4.74 Å². The highest BCUT2D eigenvalue weighted by molar-refractivity contribution is 5.78. The lowest BCUT2D eigenvalue weighted by atomic mass is 10.1. The van der Waals surface area contributed by atoms with Gasteiger partial charge in [-0.3, -0.25) is 14.7 Å². The van der Waals surface area contributed by atoms with E-state index in [2.05, 4.69) is 22.0 Å². The maximum absolute atomic E-state index is 12.9. The lowest BCUT2D eigenvalue weighted by Crippen LogP contribution is -2.47. The summed E-state index contributed by atoms with van der Waals surface area (Å²) in [7, 11) is 1.87. The number of benzene rings is 1. The molecule has 2 aliphatic heterocycles. The zero-order chi connectivity index (χ0) is 20.9. The Kier molecular flexibility index (Phi) is 6.65. The van der Waals surface area contributed by atoms with Gasteiger partial charge in [0.05, 0.1) is 17.8 Å². The zero-order valence-corrected chi connectivity index (χ0v) is 17.9. The Labute approximate surface area is 178 Å². The van der Waals surface area contributed by atoms with E-state index in [1.165, 1.54) is 0 Å². The maximum Gasteiger partial charge on any atom is 0.260 e. The number of aryl methyl sites for hydroxylation is 2. The molecule has 0 unspecified atom stereocenters. The molecular formula is C24H31N3O3. The number of amides is 1. The van der Waals surface area contributed by atoms with Crippen molar-refractivity contribution in [1.82, 2.24) is 14.8 Å². The fourth-order valence-corrected chi connectivity index (χ4v) is 4.34. The van der Waals surface area contributed by atoms with E-state index in [1.807, 2.05) is 49.2 Å². The molecular weight excluding hydrogens is 378 g/mol. The van der Waals surface area contributed by atoms with Gasteiger partial charge >= 0.3 is 0 Å². The first-order valence-corrected chi connectivity index (χ1v) is 10.8. The van der Waals surface area contributed by atoms with Gasteiger partial charge < -0.3 is 14.4 Å². The summed E-state index contributed by atoms with van der Waals surface area (Å²) in [5, 5.41) is 0. The predicted molar refractivity (Wildman–Crippen MR) is 115 cm³/mol. The molecule has 1 fully saturated rings. The molecule has 1 aromatic heterocycles. The molecule has 1 saturated heterocycles. The molecule has 2 aromatic rings. The van der Waals surface area contributed by atoms with E-state index in [1.54, 1.807) is 0 Å². The summed E-state index contributed by atoms with van der Waals surface area (Å²) in [6, 6.07) is 14.1. The van der Waals surface area contributed by atoms with Crippen LogP contribution in [0.1, 0.15) is 29.8 Å². The number of aromatic nitrogens is 1. The van der Waals surface area contributed by atoms with Gasteiger partial charge in [-0.15, -0.1) is 0 Å². The van der Waals surface area contributed by atoms with Crippen LogP contribution in [0.5, 0.6) is 5.75 Å². The number of likely N-dealkylation sites (tertiary alicyclic amines) is 1. The normalized spacial score (nSPS) is 23.5. The fraction of sp³-hybridized carbons (Fsp3) is 0.500.